The fraction of sp³-hybridized carbons (Fsp3) is 0.188. The summed E-state index contributed by atoms with van der Waals surface area (Å²) in [6.45, 7) is 1.61. The molecule has 0 aliphatic heterocycles. The summed E-state index contributed by atoms with van der Waals surface area (Å²) in [5.74, 6) is 0.727. The van der Waals surface area contributed by atoms with E-state index >= 15 is 0 Å². The smallest absolute Gasteiger partial charge is 0.254 e. The van der Waals surface area contributed by atoms with Gasteiger partial charge in [-0.3, -0.25) is 14.5 Å². The van der Waals surface area contributed by atoms with E-state index in [9.17, 15) is 9.59 Å². The highest BCUT2D eigenvalue weighted by molar-refractivity contribution is 7.22. The van der Waals surface area contributed by atoms with Gasteiger partial charge < -0.3 is 19.8 Å². The van der Waals surface area contributed by atoms with Crippen LogP contribution < -0.4 is 20.6 Å². The molecule has 0 fully saturated rings. The summed E-state index contributed by atoms with van der Waals surface area (Å²) in [6, 6.07) is 25.7. The Morgan fingerprint density at radius 3 is 2.27 bits per heavy atom. The van der Waals surface area contributed by atoms with Crippen molar-refractivity contribution >= 4 is 39.9 Å². The Morgan fingerprint density at radius 2 is 1.61 bits per heavy atom. The third-order valence-electron chi connectivity index (χ3n) is 6.88. The lowest BCUT2D eigenvalue weighted by Crippen LogP contribution is -2.25. The van der Waals surface area contributed by atoms with Crippen LogP contribution in [-0.4, -0.2) is 36.6 Å². The first-order valence-corrected chi connectivity index (χ1v) is 13.7. The molecule has 2 N–H and O–H groups in total. The number of hydrogen-bond acceptors (Lipinski definition) is 6. The van der Waals surface area contributed by atoms with Gasteiger partial charge in [-0.2, -0.15) is 0 Å². The number of para-hydroxylation sites is 1. The summed E-state index contributed by atoms with van der Waals surface area (Å²) < 4.78 is 12.9. The summed E-state index contributed by atoms with van der Waals surface area (Å²) in [7, 11) is 5.29. The summed E-state index contributed by atoms with van der Waals surface area (Å²) in [5.41, 5.74) is 9.27. The molecule has 0 unspecified atom stereocenters. The SMILES string of the molecule is COc1ccc(-c2sc3c(c2CN(C)Cc2ccccc2)c(=O)c(C(N)=O)cn3Cc2ccccc2OC)cc1.Cl. The number of carbonyl (C=O) groups is 1. The second-order valence-corrected chi connectivity index (χ2v) is 10.7. The van der Waals surface area contributed by atoms with Crippen molar-refractivity contribution in [1.29, 1.82) is 0 Å². The van der Waals surface area contributed by atoms with Crippen LogP contribution >= 0.6 is 23.7 Å². The highest BCUT2D eigenvalue weighted by atomic mass is 35.5. The van der Waals surface area contributed by atoms with E-state index in [1.54, 1.807) is 20.4 Å². The number of ether oxygens (including phenoxy) is 2. The molecule has 2 aromatic heterocycles. The minimum atomic E-state index is -0.749. The van der Waals surface area contributed by atoms with Crippen LogP contribution in [0.15, 0.2) is 89.9 Å². The molecule has 0 saturated carbocycles. The second kappa shape index (κ2) is 13.0. The van der Waals surface area contributed by atoms with E-state index in [1.165, 1.54) is 16.9 Å². The van der Waals surface area contributed by atoms with Gasteiger partial charge in [-0.15, -0.1) is 23.7 Å². The number of nitrogens with two attached hydrogens (primary N) is 1. The predicted octanol–water partition coefficient (Wildman–Crippen LogP) is 5.95. The molecule has 0 saturated heterocycles. The van der Waals surface area contributed by atoms with Gasteiger partial charge in [-0.1, -0.05) is 48.5 Å². The summed E-state index contributed by atoms with van der Waals surface area (Å²) in [5, 5.41) is 0.516. The Morgan fingerprint density at radius 1 is 0.927 bits per heavy atom. The molecule has 9 heteroatoms. The normalized spacial score (nSPS) is 10.9. The number of thiophene rings is 1. The number of pyridine rings is 1. The third-order valence-corrected chi connectivity index (χ3v) is 8.20. The molecule has 1 amide bonds. The van der Waals surface area contributed by atoms with Crippen molar-refractivity contribution in [2.45, 2.75) is 19.6 Å². The molecule has 7 nitrogen and oxygen atoms in total. The van der Waals surface area contributed by atoms with Crippen molar-refractivity contribution in [2.24, 2.45) is 5.73 Å². The number of aromatic nitrogens is 1. The highest BCUT2D eigenvalue weighted by Crippen LogP contribution is 2.39. The van der Waals surface area contributed by atoms with Crippen molar-refractivity contribution in [1.82, 2.24) is 9.47 Å². The van der Waals surface area contributed by atoms with E-state index in [2.05, 4.69) is 17.0 Å². The Labute approximate surface area is 249 Å². The predicted molar refractivity (Wildman–Crippen MR) is 168 cm³/mol. The number of amides is 1. The average Bonchev–Trinajstić information content (AvgIpc) is 3.34. The molecular weight excluding hydrogens is 558 g/mol. The number of primary amides is 1. The third kappa shape index (κ3) is 6.30. The van der Waals surface area contributed by atoms with E-state index in [1.807, 2.05) is 78.3 Å². The van der Waals surface area contributed by atoms with E-state index < -0.39 is 5.91 Å². The average molecular weight is 590 g/mol. The summed E-state index contributed by atoms with van der Waals surface area (Å²) in [4.78, 5) is 30.2. The van der Waals surface area contributed by atoms with E-state index in [0.29, 0.717) is 25.0 Å². The van der Waals surface area contributed by atoms with Crippen LogP contribution in [0.25, 0.3) is 20.7 Å². The van der Waals surface area contributed by atoms with E-state index in [-0.39, 0.29) is 23.4 Å². The van der Waals surface area contributed by atoms with Crippen LogP contribution in [0, 0.1) is 0 Å². The fourth-order valence-corrected chi connectivity index (χ4v) is 6.24. The summed E-state index contributed by atoms with van der Waals surface area (Å²) >= 11 is 1.54. The number of nitrogens with zero attached hydrogens (tertiary/aromatic N) is 2. The van der Waals surface area contributed by atoms with Crippen molar-refractivity contribution in [2.75, 3.05) is 21.3 Å². The first-order valence-electron chi connectivity index (χ1n) is 12.9. The van der Waals surface area contributed by atoms with Gasteiger partial charge >= 0.3 is 0 Å². The molecule has 3 aromatic carbocycles. The minimum absolute atomic E-state index is 0. The molecule has 0 bridgehead atoms. The molecule has 5 rings (SSSR count). The molecule has 0 aliphatic rings. The maximum atomic E-state index is 13.8. The van der Waals surface area contributed by atoms with Crippen molar-refractivity contribution in [3.63, 3.8) is 0 Å². The van der Waals surface area contributed by atoms with Crippen molar-refractivity contribution in [3.05, 3.63) is 118 Å². The largest absolute Gasteiger partial charge is 0.497 e. The zero-order chi connectivity index (χ0) is 28.2. The zero-order valence-electron chi connectivity index (χ0n) is 23.1. The molecule has 0 radical (unpaired) electrons. The standard InChI is InChI=1S/C32H31N3O4S.ClH/c1-34(17-21-9-5-4-6-10-21)19-25-28-29(36)26(31(33)37)20-35(18-23-11-7-8-12-27(23)39-3)32(28)40-30(25)22-13-15-24(38-2)16-14-22;/h4-16,20H,17-19H2,1-3H3,(H2,33,37);1H. The highest BCUT2D eigenvalue weighted by Gasteiger charge is 2.24. The number of hydrogen-bond donors (Lipinski definition) is 1. The molecule has 41 heavy (non-hydrogen) atoms. The number of rotatable bonds is 10. The van der Waals surface area contributed by atoms with Gasteiger partial charge in [0, 0.05) is 29.7 Å². The number of halogens is 1. The van der Waals surface area contributed by atoms with Gasteiger partial charge in [0.05, 0.1) is 26.2 Å². The lowest BCUT2D eigenvalue weighted by Gasteiger charge is -2.18. The maximum Gasteiger partial charge on any atom is 0.254 e. The molecule has 0 spiro atoms. The van der Waals surface area contributed by atoms with Crippen molar-refractivity contribution < 1.29 is 14.3 Å². The molecule has 0 aliphatic carbocycles. The molecule has 5 aromatic rings. The number of fused-ring (bicyclic) bond motifs is 1. The second-order valence-electron chi connectivity index (χ2n) is 9.65. The molecule has 0 atom stereocenters. The van der Waals surface area contributed by atoms with E-state index in [4.69, 9.17) is 15.2 Å². The monoisotopic (exact) mass is 589 g/mol. The van der Waals surface area contributed by atoms with Gasteiger partial charge in [0.1, 0.15) is 21.9 Å². The van der Waals surface area contributed by atoms with Crippen LogP contribution in [0.5, 0.6) is 11.5 Å². The maximum absolute atomic E-state index is 13.8. The van der Waals surface area contributed by atoms with Crippen LogP contribution in [-0.2, 0) is 19.6 Å². The first kappa shape index (κ1) is 29.9. The van der Waals surface area contributed by atoms with Gasteiger partial charge in [-0.05, 0) is 54.1 Å². The summed E-state index contributed by atoms with van der Waals surface area (Å²) in [6.07, 6.45) is 1.57. The van der Waals surface area contributed by atoms with Crippen LogP contribution in [0.1, 0.15) is 27.0 Å². The number of benzene rings is 3. The fourth-order valence-electron chi connectivity index (χ4n) is 4.95. The number of methoxy groups -OCH3 is 2. The van der Waals surface area contributed by atoms with E-state index in [0.717, 1.165) is 37.9 Å². The quantitative estimate of drug-likeness (QED) is 0.218. The molecule has 2 heterocycles. The van der Waals surface area contributed by atoms with Crippen molar-refractivity contribution in [3.8, 4) is 21.9 Å². The topological polar surface area (TPSA) is 86.8 Å². The minimum Gasteiger partial charge on any atom is -0.497 e. The Bertz CT molecular complexity index is 1720. The Kier molecular flexibility index (Phi) is 9.50. The zero-order valence-corrected chi connectivity index (χ0v) is 24.8. The lowest BCUT2D eigenvalue weighted by atomic mass is 10.0. The van der Waals surface area contributed by atoms with Gasteiger partial charge in [0.25, 0.3) is 5.91 Å². The first-order chi connectivity index (χ1) is 19.4. The molecular formula is C32H32ClN3O4S. The van der Waals surface area contributed by atoms with Gasteiger partial charge in [0.15, 0.2) is 0 Å². The number of carbonyl (C=O) groups excluding carboxylic acids is 1. The van der Waals surface area contributed by atoms with Crippen LogP contribution in [0.4, 0.5) is 0 Å². The lowest BCUT2D eigenvalue weighted by molar-refractivity contribution is 0.0998. The van der Waals surface area contributed by atoms with Gasteiger partial charge in [-0.25, -0.2) is 0 Å². The van der Waals surface area contributed by atoms with Gasteiger partial charge in [0.2, 0.25) is 5.43 Å². The van der Waals surface area contributed by atoms with Crippen LogP contribution in [0.2, 0.25) is 0 Å². The molecule has 212 valence electrons. The van der Waals surface area contributed by atoms with Crippen LogP contribution in [0.3, 0.4) is 0 Å². The Hall–Kier alpha value is -4.11. The Balaban J connectivity index is 0.00000387.